The van der Waals surface area contributed by atoms with Crippen molar-refractivity contribution in [2.24, 2.45) is 0 Å². The smallest absolute Gasteiger partial charge is 0.143 e. The van der Waals surface area contributed by atoms with Crippen molar-refractivity contribution in [1.82, 2.24) is 0 Å². The van der Waals surface area contributed by atoms with Crippen LogP contribution in [-0.2, 0) is 0 Å². The van der Waals surface area contributed by atoms with Crippen molar-refractivity contribution in [3.8, 4) is 66.8 Å². The van der Waals surface area contributed by atoms with Gasteiger partial charge in [-0.2, -0.15) is 0 Å². The van der Waals surface area contributed by atoms with E-state index in [2.05, 4.69) is 260 Å². The number of hydrogen-bond acceptors (Lipinski definition) is 2. The average Bonchev–Trinajstić information content (AvgIpc) is 3.79. The van der Waals surface area contributed by atoms with Crippen LogP contribution in [-0.4, -0.2) is 0 Å². The maximum atomic E-state index is 6.60. The fourth-order valence-corrected chi connectivity index (χ4v) is 9.78. The Morgan fingerprint density at radius 3 is 1.64 bits per heavy atom. The molecule has 0 aliphatic carbocycles. The number of rotatable bonds is 9. The Morgan fingerprint density at radius 1 is 0.258 bits per heavy atom. The normalized spacial score (nSPS) is 11.3. The zero-order chi connectivity index (χ0) is 43.8. The van der Waals surface area contributed by atoms with Gasteiger partial charge in [0.05, 0.1) is 5.69 Å². The van der Waals surface area contributed by atoms with Gasteiger partial charge < -0.3 is 9.32 Å². The predicted octanol–water partition coefficient (Wildman–Crippen LogP) is 18.2. The number of benzene rings is 11. The first-order valence-corrected chi connectivity index (χ1v) is 22.6. The van der Waals surface area contributed by atoms with Gasteiger partial charge in [0, 0.05) is 33.3 Å². The molecular weight excluding hydrogens is 799 g/mol. The zero-order valence-electron chi connectivity index (χ0n) is 36.2. The first-order valence-electron chi connectivity index (χ1n) is 22.6. The van der Waals surface area contributed by atoms with E-state index in [1.54, 1.807) is 0 Å². The topological polar surface area (TPSA) is 16.4 Å². The van der Waals surface area contributed by atoms with Gasteiger partial charge >= 0.3 is 0 Å². The first kappa shape index (κ1) is 38.9. The van der Waals surface area contributed by atoms with Crippen molar-refractivity contribution in [2.75, 3.05) is 4.90 Å². The van der Waals surface area contributed by atoms with Crippen LogP contribution in [0.1, 0.15) is 0 Å². The van der Waals surface area contributed by atoms with Crippen LogP contribution in [0.25, 0.3) is 99.5 Å². The molecule has 0 aliphatic heterocycles. The summed E-state index contributed by atoms with van der Waals surface area (Å²) in [5.41, 5.74) is 18.8. The third kappa shape index (κ3) is 7.02. The van der Waals surface area contributed by atoms with E-state index < -0.39 is 0 Å². The SMILES string of the molecule is c1ccc(-c2ccc(-c3ccccc3-c3ccccc3)c(-c3ccccc3N(c3ccc(-c4cccc5ccccc45)cc3)c3cccc(-c4cccc5c4oc4ccccc45)c3)c2)cc1. The summed E-state index contributed by atoms with van der Waals surface area (Å²) in [6.45, 7) is 0. The van der Waals surface area contributed by atoms with Crippen LogP contribution in [0.2, 0.25) is 0 Å². The lowest BCUT2D eigenvalue weighted by Gasteiger charge is -2.29. The Kier molecular flexibility index (Phi) is 9.89. The van der Waals surface area contributed by atoms with E-state index in [0.29, 0.717) is 0 Å². The van der Waals surface area contributed by atoms with Gasteiger partial charge in [-0.05, 0) is 109 Å². The summed E-state index contributed by atoms with van der Waals surface area (Å²) in [7, 11) is 0. The van der Waals surface area contributed by atoms with Gasteiger partial charge in [-0.15, -0.1) is 0 Å². The van der Waals surface area contributed by atoms with Gasteiger partial charge in [-0.1, -0.05) is 218 Å². The van der Waals surface area contributed by atoms with Crippen LogP contribution in [0, 0.1) is 0 Å². The molecule has 0 amide bonds. The summed E-state index contributed by atoms with van der Waals surface area (Å²) in [6, 6.07) is 94.0. The van der Waals surface area contributed by atoms with Crippen molar-refractivity contribution in [3.05, 3.63) is 261 Å². The molecule has 0 unspecified atom stereocenters. The Labute approximate surface area is 384 Å². The number of para-hydroxylation sites is 3. The summed E-state index contributed by atoms with van der Waals surface area (Å²) in [5.74, 6) is 0. The number of nitrogens with zero attached hydrogens (tertiary/aromatic N) is 1. The summed E-state index contributed by atoms with van der Waals surface area (Å²) >= 11 is 0. The standard InChI is InChI=1S/C64H43NO/c1-3-18-44(19-4-1)48-38-41-57(56-28-10-9-27-54(56)45-20-5-2-6-21-45)61(43-48)58-29-11-13-34-62(58)65(50-39-36-47(37-40-50)53-31-16-23-46-22-7-8-26-52(46)53)51-25-15-24-49(42-51)55-32-17-33-60-59-30-12-14-35-63(59)66-64(55)60/h1-43H. The molecular formula is C64H43NO. The Morgan fingerprint density at radius 2 is 0.803 bits per heavy atom. The molecule has 0 aliphatic rings. The molecule has 2 nitrogen and oxygen atoms in total. The molecule has 0 saturated heterocycles. The van der Waals surface area contributed by atoms with E-state index in [1.807, 2.05) is 6.07 Å². The van der Waals surface area contributed by atoms with Gasteiger partial charge in [0.15, 0.2) is 0 Å². The van der Waals surface area contributed by atoms with Crippen LogP contribution in [0.5, 0.6) is 0 Å². The van der Waals surface area contributed by atoms with Crippen LogP contribution >= 0.6 is 0 Å². The van der Waals surface area contributed by atoms with Crippen molar-refractivity contribution >= 4 is 49.8 Å². The monoisotopic (exact) mass is 841 g/mol. The molecule has 0 N–H and O–H groups in total. The highest BCUT2D eigenvalue weighted by Crippen LogP contribution is 2.48. The highest BCUT2D eigenvalue weighted by molar-refractivity contribution is 6.10. The quantitative estimate of drug-likeness (QED) is 0.144. The van der Waals surface area contributed by atoms with E-state index >= 15 is 0 Å². The molecule has 0 spiro atoms. The summed E-state index contributed by atoms with van der Waals surface area (Å²) in [6.07, 6.45) is 0. The second-order valence-electron chi connectivity index (χ2n) is 16.8. The fourth-order valence-electron chi connectivity index (χ4n) is 9.78. The molecule has 12 aromatic rings. The summed E-state index contributed by atoms with van der Waals surface area (Å²) in [4.78, 5) is 2.42. The number of fused-ring (bicyclic) bond motifs is 4. The molecule has 0 saturated carbocycles. The Hall–Kier alpha value is -8.72. The largest absolute Gasteiger partial charge is 0.455 e. The molecule has 1 heterocycles. The molecule has 2 heteroatoms. The Balaban J connectivity index is 1.08. The van der Waals surface area contributed by atoms with E-state index in [0.717, 1.165) is 72.4 Å². The molecule has 310 valence electrons. The third-order valence-electron chi connectivity index (χ3n) is 12.9. The molecule has 0 fully saturated rings. The van der Waals surface area contributed by atoms with Gasteiger partial charge in [-0.25, -0.2) is 0 Å². The first-order chi connectivity index (χ1) is 32.7. The van der Waals surface area contributed by atoms with Crippen molar-refractivity contribution in [1.29, 1.82) is 0 Å². The van der Waals surface area contributed by atoms with Gasteiger partial charge in [0.25, 0.3) is 0 Å². The summed E-state index contributed by atoms with van der Waals surface area (Å²) in [5, 5.41) is 4.70. The molecule has 1 aromatic heterocycles. The minimum atomic E-state index is 0.889. The molecule has 11 aromatic carbocycles. The van der Waals surface area contributed by atoms with E-state index in [4.69, 9.17) is 4.42 Å². The molecule has 0 atom stereocenters. The van der Waals surface area contributed by atoms with Gasteiger partial charge in [0.2, 0.25) is 0 Å². The fraction of sp³-hybridized carbons (Fsp3) is 0. The molecule has 12 rings (SSSR count). The minimum absolute atomic E-state index is 0.889. The van der Waals surface area contributed by atoms with Crippen LogP contribution in [0.15, 0.2) is 265 Å². The molecule has 0 bridgehead atoms. The maximum absolute atomic E-state index is 6.60. The average molecular weight is 842 g/mol. The molecule has 0 radical (unpaired) electrons. The molecule has 66 heavy (non-hydrogen) atoms. The second-order valence-corrected chi connectivity index (χ2v) is 16.8. The predicted molar refractivity (Wildman–Crippen MR) is 279 cm³/mol. The van der Waals surface area contributed by atoms with Crippen LogP contribution in [0.4, 0.5) is 17.1 Å². The van der Waals surface area contributed by atoms with E-state index in [-0.39, 0.29) is 0 Å². The van der Waals surface area contributed by atoms with Crippen LogP contribution in [0.3, 0.4) is 0 Å². The van der Waals surface area contributed by atoms with Gasteiger partial charge in [-0.3, -0.25) is 0 Å². The Bertz CT molecular complexity index is 3690. The number of hydrogen-bond donors (Lipinski definition) is 0. The van der Waals surface area contributed by atoms with Gasteiger partial charge in [0.1, 0.15) is 11.2 Å². The summed E-state index contributed by atoms with van der Waals surface area (Å²) < 4.78 is 6.60. The van der Waals surface area contributed by atoms with E-state index in [1.165, 1.54) is 44.2 Å². The maximum Gasteiger partial charge on any atom is 0.143 e. The third-order valence-corrected chi connectivity index (χ3v) is 12.9. The second kappa shape index (κ2) is 16.8. The van der Waals surface area contributed by atoms with Crippen molar-refractivity contribution < 1.29 is 4.42 Å². The van der Waals surface area contributed by atoms with Crippen molar-refractivity contribution in [3.63, 3.8) is 0 Å². The minimum Gasteiger partial charge on any atom is -0.455 e. The van der Waals surface area contributed by atoms with Crippen LogP contribution < -0.4 is 4.90 Å². The van der Waals surface area contributed by atoms with Crippen molar-refractivity contribution in [2.45, 2.75) is 0 Å². The lowest BCUT2D eigenvalue weighted by Crippen LogP contribution is -2.11. The van der Waals surface area contributed by atoms with E-state index in [9.17, 15) is 0 Å². The zero-order valence-corrected chi connectivity index (χ0v) is 36.2. The lowest BCUT2D eigenvalue weighted by molar-refractivity contribution is 0.670. The lowest BCUT2D eigenvalue weighted by atomic mass is 9.86. The number of furan rings is 1. The highest BCUT2D eigenvalue weighted by Gasteiger charge is 2.22. The highest BCUT2D eigenvalue weighted by atomic mass is 16.3. The number of anilines is 3.